The summed E-state index contributed by atoms with van der Waals surface area (Å²) in [6.07, 6.45) is 10.2. The summed E-state index contributed by atoms with van der Waals surface area (Å²) in [5, 5.41) is 0.816. The molecule has 0 saturated carbocycles. The van der Waals surface area contributed by atoms with Gasteiger partial charge in [0.05, 0.1) is 11.7 Å². The second-order valence-corrected chi connectivity index (χ2v) is 11.4. The van der Waals surface area contributed by atoms with Crippen LogP contribution in [0, 0.1) is 11.3 Å². The fourth-order valence-electron chi connectivity index (χ4n) is 5.10. The van der Waals surface area contributed by atoms with Gasteiger partial charge < -0.3 is 9.64 Å². The van der Waals surface area contributed by atoms with Crippen LogP contribution in [0.25, 0.3) is 0 Å². The molecule has 168 valence electrons. The van der Waals surface area contributed by atoms with Crippen LogP contribution in [0.3, 0.4) is 0 Å². The van der Waals surface area contributed by atoms with Crippen LogP contribution in [0.15, 0.2) is 40.0 Å². The van der Waals surface area contributed by atoms with Gasteiger partial charge in [-0.05, 0) is 73.2 Å². The first kappa shape index (κ1) is 22.8. The van der Waals surface area contributed by atoms with Gasteiger partial charge in [-0.3, -0.25) is 9.88 Å². The molecule has 1 saturated heterocycles. The number of allylic oxidation sites excluding steroid dienone is 3. The summed E-state index contributed by atoms with van der Waals surface area (Å²) in [5.74, 6) is 0.340. The van der Waals surface area contributed by atoms with Crippen molar-refractivity contribution in [2.45, 2.75) is 52.2 Å². The van der Waals surface area contributed by atoms with Crippen molar-refractivity contribution in [3.8, 4) is 0 Å². The van der Waals surface area contributed by atoms with E-state index in [2.05, 4.69) is 46.0 Å². The Balaban J connectivity index is 1.62. The maximum Gasteiger partial charge on any atom is 0.410 e. The normalized spacial score (nSPS) is 29.0. The summed E-state index contributed by atoms with van der Waals surface area (Å²) in [6, 6.07) is 2.34. The van der Waals surface area contributed by atoms with E-state index in [0.717, 1.165) is 41.1 Å². The van der Waals surface area contributed by atoms with Crippen molar-refractivity contribution in [1.29, 1.82) is 0 Å². The average molecular weight is 509 g/mol. The standard InChI is InChI=1S/C24H31BrClN3O2/c1-23(2,3)31-22(30)29-11-9-28(10-12-29)21-20-16(13-18(25)15-27-20)5-6-17-14-19(26)7-8-24(17,21)4/h7-8,13-15,17,21H,5-6,9-12H2,1-4H3/t17?,21-,24?/m0/s1. The maximum absolute atomic E-state index is 12.5. The largest absolute Gasteiger partial charge is 0.444 e. The number of nitrogens with zero attached hydrogens (tertiary/aromatic N) is 3. The quantitative estimate of drug-likeness (QED) is 0.488. The molecule has 31 heavy (non-hydrogen) atoms. The molecule has 2 heterocycles. The molecule has 1 aliphatic heterocycles. The molecule has 3 aliphatic rings. The molecule has 1 fully saturated rings. The molecule has 0 N–H and O–H groups in total. The monoisotopic (exact) mass is 507 g/mol. The van der Waals surface area contributed by atoms with Crippen LogP contribution >= 0.6 is 27.5 Å². The number of amides is 1. The first-order chi connectivity index (χ1) is 14.6. The van der Waals surface area contributed by atoms with Crippen molar-refractivity contribution < 1.29 is 9.53 Å². The molecule has 2 unspecified atom stereocenters. The summed E-state index contributed by atoms with van der Waals surface area (Å²) in [5.41, 5.74) is 1.85. The van der Waals surface area contributed by atoms with Gasteiger partial charge in [0.25, 0.3) is 0 Å². The van der Waals surface area contributed by atoms with Crippen molar-refractivity contribution >= 4 is 33.6 Å². The number of piperazine rings is 1. The Morgan fingerprint density at radius 3 is 2.68 bits per heavy atom. The Hall–Kier alpha value is -1.37. The number of halogens is 2. The van der Waals surface area contributed by atoms with Crippen molar-refractivity contribution in [2.24, 2.45) is 11.3 Å². The lowest BCUT2D eigenvalue weighted by atomic mass is 9.67. The number of pyridine rings is 1. The molecule has 5 nitrogen and oxygen atoms in total. The highest BCUT2D eigenvalue weighted by atomic mass is 79.9. The number of rotatable bonds is 1. The van der Waals surface area contributed by atoms with Gasteiger partial charge in [-0.15, -0.1) is 0 Å². The molecule has 1 amide bonds. The number of hydrogen-bond acceptors (Lipinski definition) is 4. The summed E-state index contributed by atoms with van der Waals surface area (Å²) >= 11 is 10.0. The van der Waals surface area contributed by atoms with Gasteiger partial charge in [-0.25, -0.2) is 4.79 Å². The zero-order chi connectivity index (χ0) is 22.4. The molecular weight excluding hydrogens is 478 g/mol. The number of aryl methyl sites for hydroxylation is 1. The minimum Gasteiger partial charge on any atom is -0.444 e. The molecule has 7 heteroatoms. The Labute approximate surface area is 198 Å². The van der Waals surface area contributed by atoms with Crippen molar-refractivity contribution in [3.05, 3.63) is 51.3 Å². The molecule has 3 atom stereocenters. The van der Waals surface area contributed by atoms with Gasteiger partial charge in [0.15, 0.2) is 0 Å². The Kier molecular flexibility index (Phi) is 6.27. The summed E-state index contributed by atoms with van der Waals surface area (Å²) in [4.78, 5) is 21.8. The fourth-order valence-corrected chi connectivity index (χ4v) is 5.69. The summed E-state index contributed by atoms with van der Waals surface area (Å²) in [6.45, 7) is 10.9. The number of carbonyl (C=O) groups excluding carboxylic acids is 1. The Morgan fingerprint density at radius 2 is 2.00 bits per heavy atom. The lowest BCUT2D eigenvalue weighted by molar-refractivity contribution is -0.00238. The molecule has 0 bridgehead atoms. The minimum absolute atomic E-state index is 0.113. The molecule has 0 spiro atoms. The van der Waals surface area contributed by atoms with Crippen LogP contribution in [0.2, 0.25) is 0 Å². The number of hydrogen-bond donors (Lipinski definition) is 0. The maximum atomic E-state index is 12.5. The highest BCUT2D eigenvalue weighted by Crippen LogP contribution is 2.52. The van der Waals surface area contributed by atoms with Crippen LogP contribution in [-0.4, -0.2) is 52.7 Å². The smallest absolute Gasteiger partial charge is 0.410 e. The third-order valence-electron chi connectivity index (χ3n) is 6.63. The number of ether oxygens (including phenoxy) is 1. The lowest BCUT2D eigenvalue weighted by Crippen LogP contribution is -2.54. The van der Waals surface area contributed by atoms with Crippen LogP contribution in [0.5, 0.6) is 0 Å². The third kappa shape index (κ3) is 4.71. The number of carbonyl (C=O) groups is 1. The average Bonchev–Trinajstić information content (AvgIpc) is 2.81. The van der Waals surface area contributed by atoms with Crippen molar-refractivity contribution in [2.75, 3.05) is 26.2 Å². The number of fused-ring (bicyclic) bond motifs is 2. The van der Waals surface area contributed by atoms with E-state index in [0.29, 0.717) is 19.0 Å². The fraction of sp³-hybridized carbons (Fsp3) is 0.583. The van der Waals surface area contributed by atoms with Crippen LogP contribution in [-0.2, 0) is 11.2 Å². The van der Waals surface area contributed by atoms with E-state index in [9.17, 15) is 4.79 Å². The van der Waals surface area contributed by atoms with Gasteiger partial charge in [-0.1, -0.05) is 30.7 Å². The third-order valence-corrected chi connectivity index (χ3v) is 7.32. The van der Waals surface area contributed by atoms with Crippen molar-refractivity contribution in [1.82, 2.24) is 14.8 Å². The first-order valence-corrected chi connectivity index (χ1v) is 12.2. The molecule has 0 aromatic carbocycles. The predicted molar refractivity (Wildman–Crippen MR) is 127 cm³/mol. The Bertz CT molecular complexity index is 918. The molecule has 1 aromatic rings. The SMILES string of the molecule is CC(C)(C)OC(=O)N1CCN([C@H]2c3ncc(Br)cc3CCC3C=C(Cl)C=CC32C)CC1. The molecule has 2 aliphatic carbocycles. The van der Waals surface area contributed by atoms with E-state index < -0.39 is 5.60 Å². The highest BCUT2D eigenvalue weighted by Gasteiger charge is 2.47. The van der Waals surface area contributed by atoms with Crippen LogP contribution < -0.4 is 0 Å². The minimum atomic E-state index is -0.481. The zero-order valence-electron chi connectivity index (χ0n) is 18.7. The highest BCUT2D eigenvalue weighted by molar-refractivity contribution is 9.10. The van der Waals surface area contributed by atoms with E-state index in [1.165, 1.54) is 5.56 Å². The van der Waals surface area contributed by atoms with E-state index in [1.807, 2.05) is 37.9 Å². The number of aromatic nitrogens is 1. The van der Waals surface area contributed by atoms with Gasteiger partial charge >= 0.3 is 6.09 Å². The zero-order valence-corrected chi connectivity index (χ0v) is 21.0. The van der Waals surface area contributed by atoms with E-state index in [1.54, 1.807) is 0 Å². The van der Waals surface area contributed by atoms with E-state index in [4.69, 9.17) is 21.3 Å². The van der Waals surface area contributed by atoms with E-state index in [-0.39, 0.29) is 17.6 Å². The van der Waals surface area contributed by atoms with Crippen LogP contribution in [0.4, 0.5) is 4.79 Å². The van der Waals surface area contributed by atoms with Gasteiger partial charge in [0.2, 0.25) is 0 Å². The molecule has 0 radical (unpaired) electrons. The van der Waals surface area contributed by atoms with Gasteiger partial charge in [0, 0.05) is 47.3 Å². The van der Waals surface area contributed by atoms with E-state index >= 15 is 0 Å². The first-order valence-electron chi connectivity index (χ1n) is 11.0. The second-order valence-electron chi connectivity index (χ2n) is 10.00. The van der Waals surface area contributed by atoms with Gasteiger partial charge in [0.1, 0.15) is 5.60 Å². The van der Waals surface area contributed by atoms with Gasteiger partial charge in [-0.2, -0.15) is 0 Å². The summed E-state index contributed by atoms with van der Waals surface area (Å²) < 4.78 is 6.60. The second kappa shape index (κ2) is 8.53. The summed E-state index contributed by atoms with van der Waals surface area (Å²) in [7, 11) is 0. The topological polar surface area (TPSA) is 45.7 Å². The predicted octanol–water partition coefficient (Wildman–Crippen LogP) is 5.70. The lowest BCUT2D eigenvalue weighted by Gasteiger charge is -2.48. The van der Waals surface area contributed by atoms with Crippen molar-refractivity contribution in [3.63, 3.8) is 0 Å². The molecule has 1 aromatic heterocycles. The Morgan fingerprint density at radius 1 is 1.29 bits per heavy atom. The molecular formula is C24H31BrClN3O2. The van der Waals surface area contributed by atoms with Crippen LogP contribution in [0.1, 0.15) is 51.4 Å². The molecule has 4 rings (SSSR count).